The lowest BCUT2D eigenvalue weighted by molar-refractivity contribution is -0.0316. The highest BCUT2D eigenvalue weighted by molar-refractivity contribution is 5.03. The standard InChI is InChI=1S/C9H17O2/c1-4-6-7-9(11,5-2)8(3)10/h6-8,10-11H,1,4-5H2,2-3H3/b7-6+. The van der Waals surface area contributed by atoms with Gasteiger partial charge in [-0.3, -0.25) is 0 Å². The number of aliphatic hydroxyl groups is 2. The third kappa shape index (κ3) is 3.04. The Morgan fingerprint density at radius 2 is 2.18 bits per heavy atom. The summed E-state index contributed by atoms with van der Waals surface area (Å²) in [5, 5.41) is 18.8. The Hall–Kier alpha value is -0.340. The molecule has 0 bridgehead atoms. The Balaban J connectivity index is 4.21. The fraction of sp³-hybridized carbons (Fsp3) is 0.667. The van der Waals surface area contributed by atoms with E-state index in [2.05, 4.69) is 6.92 Å². The zero-order valence-electron chi connectivity index (χ0n) is 7.25. The molecule has 11 heavy (non-hydrogen) atoms. The minimum atomic E-state index is -1.07. The van der Waals surface area contributed by atoms with E-state index in [4.69, 9.17) is 0 Å². The molecule has 65 valence electrons. The van der Waals surface area contributed by atoms with Crippen LogP contribution in [0.5, 0.6) is 0 Å². The predicted molar refractivity (Wildman–Crippen MR) is 46.0 cm³/mol. The summed E-state index contributed by atoms with van der Waals surface area (Å²) in [7, 11) is 0. The van der Waals surface area contributed by atoms with Crippen LogP contribution in [0, 0.1) is 6.92 Å². The van der Waals surface area contributed by atoms with Crippen LogP contribution in [0.4, 0.5) is 0 Å². The molecular weight excluding hydrogens is 140 g/mol. The summed E-state index contributed by atoms with van der Waals surface area (Å²) >= 11 is 0. The van der Waals surface area contributed by atoms with Gasteiger partial charge in [-0.1, -0.05) is 19.1 Å². The lowest BCUT2D eigenvalue weighted by Gasteiger charge is -2.25. The van der Waals surface area contributed by atoms with Gasteiger partial charge in [0.05, 0.1) is 6.10 Å². The normalized spacial score (nSPS) is 20.1. The monoisotopic (exact) mass is 157 g/mol. The van der Waals surface area contributed by atoms with Crippen LogP contribution in [0.3, 0.4) is 0 Å². The third-order valence-electron chi connectivity index (χ3n) is 1.86. The Labute approximate surface area is 68.6 Å². The largest absolute Gasteiger partial charge is 0.390 e. The zero-order chi connectivity index (χ0) is 8.91. The minimum Gasteiger partial charge on any atom is -0.390 e. The summed E-state index contributed by atoms with van der Waals surface area (Å²) in [4.78, 5) is 0. The van der Waals surface area contributed by atoms with E-state index < -0.39 is 11.7 Å². The number of allylic oxidation sites excluding steroid dienone is 1. The van der Waals surface area contributed by atoms with Crippen molar-refractivity contribution in [3.63, 3.8) is 0 Å². The molecule has 0 aromatic carbocycles. The van der Waals surface area contributed by atoms with Crippen LogP contribution in [-0.4, -0.2) is 21.9 Å². The van der Waals surface area contributed by atoms with E-state index in [1.807, 2.05) is 6.92 Å². The number of hydrogen-bond acceptors (Lipinski definition) is 2. The molecule has 0 aromatic heterocycles. The second-order valence-corrected chi connectivity index (χ2v) is 2.71. The van der Waals surface area contributed by atoms with Gasteiger partial charge in [0.1, 0.15) is 5.60 Å². The highest BCUT2D eigenvalue weighted by atomic mass is 16.3. The van der Waals surface area contributed by atoms with Crippen molar-refractivity contribution < 1.29 is 10.2 Å². The van der Waals surface area contributed by atoms with Gasteiger partial charge in [0.2, 0.25) is 0 Å². The van der Waals surface area contributed by atoms with Gasteiger partial charge in [-0.25, -0.2) is 0 Å². The van der Waals surface area contributed by atoms with Crippen LogP contribution >= 0.6 is 0 Å². The van der Waals surface area contributed by atoms with Crippen LogP contribution in [0.1, 0.15) is 26.7 Å². The second-order valence-electron chi connectivity index (χ2n) is 2.71. The van der Waals surface area contributed by atoms with Crippen molar-refractivity contribution in [2.75, 3.05) is 0 Å². The molecule has 2 unspecified atom stereocenters. The van der Waals surface area contributed by atoms with Crippen LogP contribution in [0.2, 0.25) is 0 Å². The van der Waals surface area contributed by atoms with E-state index in [-0.39, 0.29) is 0 Å². The van der Waals surface area contributed by atoms with Crippen molar-refractivity contribution >= 4 is 0 Å². The topological polar surface area (TPSA) is 40.5 Å². The van der Waals surface area contributed by atoms with E-state index >= 15 is 0 Å². The Morgan fingerprint density at radius 1 is 1.64 bits per heavy atom. The highest BCUT2D eigenvalue weighted by Crippen LogP contribution is 2.16. The van der Waals surface area contributed by atoms with Gasteiger partial charge in [0.15, 0.2) is 0 Å². The van der Waals surface area contributed by atoms with Gasteiger partial charge in [0.25, 0.3) is 0 Å². The summed E-state index contributed by atoms with van der Waals surface area (Å²) in [6.45, 7) is 7.02. The number of hydrogen-bond donors (Lipinski definition) is 2. The second kappa shape index (κ2) is 4.52. The molecule has 0 amide bonds. The first-order valence-electron chi connectivity index (χ1n) is 3.94. The smallest absolute Gasteiger partial charge is 0.108 e. The summed E-state index contributed by atoms with van der Waals surface area (Å²) in [5.41, 5.74) is -1.07. The van der Waals surface area contributed by atoms with Gasteiger partial charge in [-0.05, 0) is 26.7 Å². The van der Waals surface area contributed by atoms with Crippen molar-refractivity contribution in [1.82, 2.24) is 0 Å². The maximum atomic E-state index is 9.66. The molecule has 0 aliphatic heterocycles. The number of aliphatic hydroxyl groups excluding tert-OH is 1. The molecule has 0 rings (SSSR count). The van der Waals surface area contributed by atoms with Crippen molar-refractivity contribution in [2.24, 2.45) is 0 Å². The summed E-state index contributed by atoms with van der Waals surface area (Å²) in [6.07, 6.45) is 3.80. The molecule has 2 N–H and O–H groups in total. The van der Waals surface area contributed by atoms with Crippen molar-refractivity contribution in [2.45, 2.75) is 38.4 Å². The molecule has 0 fully saturated rings. The molecule has 0 spiro atoms. The molecule has 0 aliphatic rings. The SMILES string of the molecule is [CH2]C/C=C/C(O)(CC)C(C)O. The maximum Gasteiger partial charge on any atom is 0.108 e. The summed E-state index contributed by atoms with van der Waals surface area (Å²) < 4.78 is 0. The van der Waals surface area contributed by atoms with E-state index in [0.717, 1.165) is 0 Å². The predicted octanol–water partition coefficient (Wildman–Crippen LogP) is 1.29. The van der Waals surface area contributed by atoms with E-state index in [0.29, 0.717) is 12.8 Å². The van der Waals surface area contributed by atoms with Crippen LogP contribution in [0.15, 0.2) is 12.2 Å². The lowest BCUT2D eigenvalue weighted by atomic mass is 9.94. The molecule has 2 nitrogen and oxygen atoms in total. The van der Waals surface area contributed by atoms with Crippen LogP contribution in [-0.2, 0) is 0 Å². The fourth-order valence-electron chi connectivity index (χ4n) is 0.840. The van der Waals surface area contributed by atoms with E-state index in [9.17, 15) is 10.2 Å². The average Bonchev–Trinajstić information content (AvgIpc) is 2.00. The molecule has 0 saturated heterocycles. The molecule has 1 radical (unpaired) electrons. The van der Waals surface area contributed by atoms with Gasteiger partial charge >= 0.3 is 0 Å². The first-order valence-corrected chi connectivity index (χ1v) is 3.94. The van der Waals surface area contributed by atoms with Gasteiger partial charge in [-0.15, -0.1) is 0 Å². The quantitative estimate of drug-likeness (QED) is 0.604. The van der Waals surface area contributed by atoms with Gasteiger partial charge in [-0.2, -0.15) is 0 Å². The summed E-state index contributed by atoms with van der Waals surface area (Å²) in [6, 6.07) is 0. The first kappa shape index (κ1) is 10.7. The average molecular weight is 157 g/mol. The number of rotatable bonds is 4. The highest BCUT2D eigenvalue weighted by Gasteiger charge is 2.26. The minimum absolute atomic E-state index is 0.515. The van der Waals surface area contributed by atoms with Crippen molar-refractivity contribution in [3.05, 3.63) is 19.1 Å². The molecule has 2 atom stereocenters. The van der Waals surface area contributed by atoms with E-state index in [1.165, 1.54) is 0 Å². The first-order chi connectivity index (χ1) is 5.06. The molecule has 2 heteroatoms. The molecule has 0 saturated carbocycles. The molecule has 0 aliphatic carbocycles. The lowest BCUT2D eigenvalue weighted by Crippen LogP contribution is -2.37. The fourth-order valence-corrected chi connectivity index (χ4v) is 0.840. The molecule has 0 heterocycles. The van der Waals surface area contributed by atoms with Crippen molar-refractivity contribution in [1.29, 1.82) is 0 Å². The zero-order valence-corrected chi connectivity index (χ0v) is 7.25. The Morgan fingerprint density at radius 3 is 2.45 bits per heavy atom. The Kier molecular flexibility index (Phi) is 4.38. The maximum absolute atomic E-state index is 9.66. The third-order valence-corrected chi connectivity index (χ3v) is 1.86. The van der Waals surface area contributed by atoms with Crippen molar-refractivity contribution in [3.8, 4) is 0 Å². The van der Waals surface area contributed by atoms with Gasteiger partial charge in [0, 0.05) is 0 Å². The summed E-state index contributed by atoms with van der Waals surface area (Å²) in [5.74, 6) is 0. The van der Waals surface area contributed by atoms with Crippen LogP contribution in [0.25, 0.3) is 0 Å². The van der Waals surface area contributed by atoms with Gasteiger partial charge < -0.3 is 10.2 Å². The molecular formula is C9H17O2. The van der Waals surface area contributed by atoms with E-state index in [1.54, 1.807) is 19.1 Å². The molecule has 0 aromatic rings. The van der Waals surface area contributed by atoms with Crippen LogP contribution < -0.4 is 0 Å². The Bertz CT molecular complexity index is 130.